The van der Waals surface area contributed by atoms with Crippen LogP contribution in [0, 0.1) is 0 Å². The number of rotatable bonds is 3. The maximum Gasteiger partial charge on any atom is 0.217 e. The van der Waals surface area contributed by atoms with E-state index in [1.165, 1.54) is 6.92 Å². The van der Waals surface area contributed by atoms with Crippen molar-refractivity contribution in [1.29, 1.82) is 0 Å². The summed E-state index contributed by atoms with van der Waals surface area (Å²) in [7, 11) is 0. The van der Waals surface area contributed by atoms with Crippen LogP contribution in [0.5, 0.6) is 0 Å². The van der Waals surface area contributed by atoms with E-state index in [-0.39, 0.29) is 5.91 Å². The smallest absolute Gasteiger partial charge is 0.217 e. The lowest BCUT2D eigenvalue weighted by Crippen LogP contribution is -2.32. The first kappa shape index (κ1) is 8.82. The molecule has 0 aromatic carbocycles. The predicted octanol–water partition coefficient (Wildman–Crippen LogP) is 0.874. The Kier molecular flexibility index (Phi) is 4.58. The molecule has 0 aliphatic carbocycles. The summed E-state index contributed by atoms with van der Waals surface area (Å²) in [5, 5.41) is 2.78. The molecule has 0 heterocycles. The van der Waals surface area contributed by atoms with Crippen LogP contribution >= 0.6 is 11.8 Å². The van der Waals surface area contributed by atoms with Gasteiger partial charge in [-0.25, -0.2) is 0 Å². The van der Waals surface area contributed by atoms with E-state index in [1.807, 2.05) is 13.2 Å². The maximum atomic E-state index is 10.4. The van der Waals surface area contributed by atoms with Crippen LogP contribution in [0.1, 0.15) is 13.8 Å². The summed E-state index contributed by atoms with van der Waals surface area (Å²) >= 11 is 1.74. The minimum Gasteiger partial charge on any atom is -0.353 e. The Morgan fingerprint density at radius 2 is 2.33 bits per heavy atom. The highest BCUT2D eigenvalue weighted by Gasteiger charge is 1.99. The first-order valence-corrected chi connectivity index (χ1v) is 4.32. The average Bonchev–Trinajstić information content (AvgIpc) is 1.63. The van der Waals surface area contributed by atoms with Crippen molar-refractivity contribution < 1.29 is 4.79 Å². The fraction of sp³-hybridized carbons (Fsp3) is 0.833. The van der Waals surface area contributed by atoms with Gasteiger partial charge in [0.2, 0.25) is 5.91 Å². The molecule has 1 amide bonds. The third-order valence-electron chi connectivity index (χ3n) is 0.866. The Morgan fingerprint density at radius 3 is 2.67 bits per heavy atom. The van der Waals surface area contributed by atoms with E-state index in [9.17, 15) is 4.79 Å². The van der Waals surface area contributed by atoms with Gasteiger partial charge in [0.05, 0.1) is 0 Å². The van der Waals surface area contributed by atoms with E-state index in [0.717, 1.165) is 5.75 Å². The van der Waals surface area contributed by atoms with Gasteiger partial charge in [0.15, 0.2) is 0 Å². The summed E-state index contributed by atoms with van der Waals surface area (Å²) in [6, 6.07) is 0.303. The molecule has 1 atom stereocenters. The second-order valence-corrected chi connectivity index (χ2v) is 2.97. The van der Waals surface area contributed by atoms with Crippen molar-refractivity contribution in [3.05, 3.63) is 0 Å². The van der Waals surface area contributed by atoms with Gasteiger partial charge in [0.1, 0.15) is 0 Å². The average molecular weight is 147 g/mol. The zero-order valence-electron chi connectivity index (χ0n) is 6.10. The molecule has 0 spiro atoms. The van der Waals surface area contributed by atoms with Crippen LogP contribution in [0.25, 0.3) is 0 Å². The largest absolute Gasteiger partial charge is 0.353 e. The van der Waals surface area contributed by atoms with Gasteiger partial charge in [-0.05, 0) is 13.2 Å². The normalized spacial score (nSPS) is 12.8. The summed E-state index contributed by atoms with van der Waals surface area (Å²) < 4.78 is 0. The molecular formula is C6H13NOS. The van der Waals surface area contributed by atoms with Crippen LogP contribution in [0.4, 0.5) is 0 Å². The Balaban J connectivity index is 3.26. The Labute approximate surface area is 60.4 Å². The molecule has 0 aromatic heterocycles. The number of nitrogens with one attached hydrogen (secondary N) is 1. The van der Waals surface area contributed by atoms with Gasteiger partial charge in [0.25, 0.3) is 0 Å². The van der Waals surface area contributed by atoms with Gasteiger partial charge in [-0.1, -0.05) is 0 Å². The van der Waals surface area contributed by atoms with Crippen molar-refractivity contribution in [3.8, 4) is 0 Å². The minimum atomic E-state index is 0.0524. The number of amides is 1. The molecular weight excluding hydrogens is 134 g/mol. The SMILES string of the molecule is CSCC(C)NC(C)=O. The van der Waals surface area contributed by atoms with E-state index < -0.39 is 0 Å². The van der Waals surface area contributed by atoms with Crippen molar-refractivity contribution in [2.45, 2.75) is 19.9 Å². The highest BCUT2D eigenvalue weighted by molar-refractivity contribution is 7.98. The lowest BCUT2D eigenvalue weighted by molar-refractivity contribution is -0.119. The fourth-order valence-corrected chi connectivity index (χ4v) is 1.22. The van der Waals surface area contributed by atoms with Gasteiger partial charge in [0, 0.05) is 18.7 Å². The minimum absolute atomic E-state index is 0.0524. The van der Waals surface area contributed by atoms with E-state index >= 15 is 0 Å². The van der Waals surface area contributed by atoms with Crippen molar-refractivity contribution in [2.75, 3.05) is 12.0 Å². The van der Waals surface area contributed by atoms with Gasteiger partial charge in [-0.2, -0.15) is 11.8 Å². The molecule has 0 aromatic rings. The lowest BCUT2D eigenvalue weighted by Gasteiger charge is -2.08. The lowest BCUT2D eigenvalue weighted by atomic mass is 10.4. The van der Waals surface area contributed by atoms with Crippen molar-refractivity contribution in [1.82, 2.24) is 5.32 Å². The molecule has 54 valence electrons. The molecule has 2 nitrogen and oxygen atoms in total. The summed E-state index contributed by atoms with van der Waals surface area (Å²) in [5.74, 6) is 1.04. The Morgan fingerprint density at radius 1 is 1.78 bits per heavy atom. The molecule has 0 saturated carbocycles. The number of carbonyl (C=O) groups is 1. The monoisotopic (exact) mass is 147 g/mol. The first-order chi connectivity index (χ1) is 4.16. The van der Waals surface area contributed by atoms with E-state index in [0.29, 0.717) is 6.04 Å². The zero-order chi connectivity index (χ0) is 7.28. The third-order valence-corrected chi connectivity index (χ3v) is 1.70. The maximum absolute atomic E-state index is 10.4. The van der Waals surface area contributed by atoms with E-state index in [1.54, 1.807) is 11.8 Å². The second kappa shape index (κ2) is 4.68. The van der Waals surface area contributed by atoms with E-state index in [2.05, 4.69) is 5.32 Å². The molecule has 0 bridgehead atoms. The number of thioether (sulfide) groups is 1. The van der Waals surface area contributed by atoms with Crippen molar-refractivity contribution in [2.24, 2.45) is 0 Å². The Hall–Kier alpha value is -0.180. The van der Waals surface area contributed by atoms with Gasteiger partial charge >= 0.3 is 0 Å². The number of carbonyl (C=O) groups excluding carboxylic acids is 1. The fourth-order valence-electron chi connectivity index (χ4n) is 0.639. The van der Waals surface area contributed by atoms with Crippen LogP contribution in [0.2, 0.25) is 0 Å². The van der Waals surface area contributed by atoms with Crippen LogP contribution in [-0.2, 0) is 4.79 Å². The third kappa shape index (κ3) is 5.69. The summed E-state index contributed by atoms with van der Waals surface area (Å²) in [6.45, 7) is 3.54. The van der Waals surface area contributed by atoms with Gasteiger partial charge in [-0.3, -0.25) is 4.79 Å². The molecule has 0 fully saturated rings. The van der Waals surface area contributed by atoms with Crippen LogP contribution in [0.15, 0.2) is 0 Å². The number of hydrogen-bond donors (Lipinski definition) is 1. The molecule has 1 unspecified atom stereocenters. The Bertz CT molecular complexity index is 95.1. The highest BCUT2D eigenvalue weighted by Crippen LogP contribution is 1.94. The van der Waals surface area contributed by atoms with Crippen LogP contribution in [0.3, 0.4) is 0 Å². The molecule has 0 aliphatic rings. The van der Waals surface area contributed by atoms with Crippen molar-refractivity contribution in [3.63, 3.8) is 0 Å². The molecule has 0 saturated heterocycles. The summed E-state index contributed by atoms with van der Waals surface area (Å²) in [5.41, 5.74) is 0. The molecule has 0 radical (unpaired) electrons. The molecule has 3 heteroatoms. The molecule has 1 N–H and O–H groups in total. The predicted molar refractivity (Wildman–Crippen MR) is 41.7 cm³/mol. The summed E-state index contributed by atoms with van der Waals surface area (Å²) in [4.78, 5) is 10.4. The van der Waals surface area contributed by atoms with Crippen LogP contribution in [-0.4, -0.2) is 24.0 Å². The molecule has 0 aliphatic heterocycles. The standard InChI is InChI=1S/C6H13NOS/c1-5(4-9-3)7-6(2)8/h5H,4H2,1-3H3,(H,7,8). The van der Waals surface area contributed by atoms with Crippen LogP contribution < -0.4 is 5.32 Å². The van der Waals surface area contributed by atoms with Crippen molar-refractivity contribution >= 4 is 17.7 Å². The highest BCUT2D eigenvalue weighted by atomic mass is 32.2. The topological polar surface area (TPSA) is 29.1 Å². The number of hydrogen-bond acceptors (Lipinski definition) is 2. The van der Waals surface area contributed by atoms with E-state index in [4.69, 9.17) is 0 Å². The van der Waals surface area contributed by atoms with Gasteiger partial charge < -0.3 is 5.32 Å². The quantitative estimate of drug-likeness (QED) is 0.642. The first-order valence-electron chi connectivity index (χ1n) is 2.93. The molecule has 9 heavy (non-hydrogen) atoms. The summed E-state index contributed by atoms with van der Waals surface area (Å²) in [6.07, 6.45) is 2.03. The molecule has 0 rings (SSSR count). The zero-order valence-corrected chi connectivity index (χ0v) is 6.92. The second-order valence-electron chi connectivity index (χ2n) is 2.06. The van der Waals surface area contributed by atoms with Gasteiger partial charge in [-0.15, -0.1) is 0 Å².